The molecular formula is C32H44F2N4O4. The van der Waals surface area contributed by atoms with Gasteiger partial charge in [0.15, 0.2) is 0 Å². The second kappa shape index (κ2) is 15.2. The van der Waals surface area contributed by atoms with Crippen LogP contribution in [0.4, 0.5) is 8.78 Å². The first kappa shape index (κ1) is 33.1. The highest BCUT2D eigenvalue weighted by Crippen LogP contribution is 2.28. The number of aliphatic hydroxyl groups is 1. The topological polar surface area (TPSA) is 125 Å². The van der Waals surface area contributed by atoms with Crippen LogP contribution in [-0.2, 0) is 11.2 Å². The number of rotatable bonds is 14. The van der Waals surface area contributed by atoms with Crippen LogP contribution in [0.15, 0.2) is 36.4 Å². The first-order chi connectivity index (χ1) is 20.0. The third-order valence-electron chi connectivity index (χ3n) is 7.85. The van der Waals surface area contributed by atoms with Crippen LogP contribution in [0.2, 0.25) is 0 Å². The lowest BCUT2D eigenvalue weighted by Crippen LogP contribution is -2.60. The molecule has 2 aromatic carbocycles. The molecule has 0 aromatic heterocycles. The third-order valence-corrected chi connectivity index (χ3v) is 7.85. The number of carbonyl (C=O) groups is 3. The molecule has 0 bridgehead atoms. The molecule has 42 heavy (non-hydrogen) atoms. The molecule has 0 unspecified atom stereocenters. The molecule has 0 saturated heterocycles. The molecule has 5 N–H and O–H groups in total. The van der Waals surface area contributed by atoms with Gasteiger partial charge in [-0.2, -0.15) is 0 Å². The lowest BCUT2D eigenvalue weighted by molar-refractivity contribution is -0.126. The van der Waals surface area contributed by atoms with Gasteiger partial charge in [-0.05, 0) is 80.5 Å². The minimum atomic E-state index is -1.23. The van der Waals surface area contributed by atoms with Crippen molar-refractivity contribution in [2.75, 3.05) is 19.6 Å². The average molecular weight is 587 g/mol. The number of nitrogens with one attached hydrogen (secondary N) is 2. The second-order valence-electron chi connectivity index (χ2n) is 11.4. The van der Waals surface area contributed by atoms with Crippen molar-refractivity contribution < 1.29 is 28.3 Å². The minimum absolute atomic E-state index is 0.0771. The number of aliphatic hydroxyl groups excluding tert-OH is 1. The molecule has 1 fully saturated rings. The van der Waals surface area contributed by atoms with Crippen LogP contribution in [0.1, 0.15) is 90.6 Å². The zero-order valence-corrected chi connectivity index (χ0v) is 24.8. The number of benzene rings is 2. The fourth-order valence-corrected chi connectivity index (χ4v) is 5.70. The number of carbonyl (C=O) groups excluding carboxylic acids is 3. The van der Waals surface area contributed by atoms with Crippen LogP contribution in [-0.4, -0.2) is 65.0 Å². The highest BCUT2D eigenvalue weighted by atomic mass is 19.1. The molecule has 230 valence electrons. The molecule has 2 aromatic rings. The molecule has 2 atom stereocenters. The van der Waals surface area contributed by atoms with E-state index in [0.29, 0.717) is 37.1 Å². The molecule has 0 spiro atoms. The molecule has 3 rings (SSSR count). The lowest BCUT2D eigenvalue weighted by atomic mass is 9.81. The molecular weight excluding hydrogens is 542 g/mol. The fourth-order valence-electron chi connectivity index (χ4n) is 5.70. The van der Waals surface area contributed by atoms with E-state index in [9.17, 15) is 28.3 Å². The monoisotopic (exact) mass is 586 g/mol. The summed E-state index contributed by atoms with van der Waals surface area (Å²) in [6.45, 7) is 6.90. The maximum atomic E-state index is 14.0. The highest BCUT2D eigenvalue weighted by molar-refractivity contribution is 6.00. The van der Waals surface area contributed by atoms with E-state index in [1.54, 1.807) is 24.0 Å². The number of hydrogen-bond donors (Lipinski definition) is 4. The highest BCUT2D eigenvalue weighted by Gasteiger charge is 2.38. The van der Waals surface area contributed by atoms with Crippen molar-refractivity contribution in [1.82, 2.24) is 15.5 Å². The zero-order valence-electron chi connectivity index (χ0n) is 24.8. The molecule has 1 aliphatic carbocycles. The first-order valence-corrected chi connectivity index (χ1v) is 14.9. The van der Waals surface area contributed by atoms with Crippen LogP contribution in [0.3, 0.4) is 0 Å². The molecule has 1 saturated carbocycles. The van der Waals surface area contributed by atoms with E-state index in [1.807, 2.05) is 13.8 Å². The van der Waals surface area contributed by atoms with E-state index < -0.39 is 41.1 Å². The Morgan fingerprint density at radius 1 is 0.952 bits per heavy atom. The summed E-state index contributed by atoms with van der Waals surface area (Å²) < 4.78 is 28.0. The Morgan fingerprint density at radius 2 is 1.55 bits per heavy atom. The largest absolute Gasteiger partial charge is 0.390 e. The fraction of sp³-hybridized carbons (Fsp3) is 0.531. The molecule has 1 aliphatic rings. The smallest absolute Gasteiger partial charge is 0.253 e. The molecule has 0 aliphatic heterocycles. The summed E-state index contributed by atoms with van der Waals surface area (Å²) in [5.74, 6) is -2.77. The predicted molar refractivity (Wildman–Crippen MR) is 158 cm³/mol. The summed E-state index contributed by atoms with van der Waals surface area (Å²) in [5.41, 5.74) is 6.32. The molecule has 0 radical (unpaired) electrons. The lowest BCUT2D eigenvalue weighted by Gasteiger charge is -2.37. The SMILES string of the molecule is CCCN(CCC)C(=O)c1cc(C)cc(C(=O)N[C@@H](Cc2cc(F)cc(F)c2)[C@H](O)CNC2(C(N)=O)CCCCC2)c1. The van der Waals surface area contributed by atoms with Crippen LogP contribution in [0, 0.1) is 18.6 Å². The maximum Gasteiger partial charge on any atom is 0.253 e. The van der Waals surface area contributed by atoms with Gasteiger partial charge >= 0.3 is 0 Å². The van der Waals surface area contributed by atoms with E-state index >= 15 is 0 Å². The summed E-state index contributed by atoms with van der Waals surface area (Å²) in [4.78, 5) is 40.9. The van der Waals surface area contributed by atoms with Gasteiger partial charge in [-0.15, -0.1) is 0 Å². The summed E-state index contributed by atoms with van der Waals surface area (Å²) in [6, 6.07) is 6.97. The predicted octanol–water partition coefficient (Wildman–Crippen LogP) is 4.02. The minimum Gasteiger partial charge on any atom is -0.390 e. The number of aryl methyl sites for hydroxylation is 1. The first-order valence-electron chi connectivity index (χ1n) is 14.9. The Bertz CT molecular complexity index is 1220. The van der Waals surface area contributed by atoms with Gasteiger partial charge in [-0.25, -0.2) is 8.78 Å². The van der Waals surface area contributed by atoms with Crippen molar-refractivity contribution in [3.05, 3.63) is 70.3 Å². The van der Waals surface area contributed by atoms with Crippen molar-refractivity contribution in [2.24, 2.45) is 5.73 Å². The van der Waals surface area contributed by atoms with Crippen LogP contribution >= 0.6 is 0 Å². The number of hydrogen-bond acceptors (Lipinski definition) is 5. The van der Waals surface area contributed by atoms with E-state index in [-0.39, 0.29) is 30.0 Å². The van der Waals surface area contributed by atoms with Crippen LogP contribution in [0.5, 0.6) is 0 Å². The maximum absolute atomic E-state index is 14.0. The average Bonchev–Trinajstić information content (AvgIpc) is 2.94. The Morgan fingerprint density at radius 3 is 2.12 bits per heavy atom. The Hall–Kier alpha value is -3.37. The van der Waals surface area contributed by atoms with Crippen LogP contribution < -0.4 is 16.4 Å². The normalized spacial score (nSPS) is 16.0. The Labute approximate surface area is 247 Å². The second-order valence-corrected chi connectivity index (χ2v) is 11.4. The zero-order chi connectivity index (χ0) is 30.9. The van der Waals surface area contributed by atoms with Gasteiger partial charge in [0.25, 0.3) is 11.8 Å². The summed E-state index contributed by atoms with van der Waals surface area (Å²) in [7, 11) is 0. The number of amides is 3. The van der Waals surface area contributed by atoms with Gasteiger partial charge in [-0.3, -0.25) is 14.4 Å². The number of nitrogens with zero attached hydrogens (tertiary/aromatic N) is 1. The van der Waals surface area contributed by atoms with Crippen molar-refractivity contribution in [3.8, 4) is 0 Å². The van der Waals surface area contributed by atoms with E-state index in [0.717, 1.165) is 50.3 Å². The summed E-state index contributed by atoms with van der Waals surface area (Å²) in [5, 5.41) is 17.2. The van der Waals surface area contributed by atoms with Crippen LogP contribution in [0.25, 0.3) is 0 Å². The van der Waals surface area contributed by atoms with Gasteiger partial charge in [0.2, 0.25) is 5.91 Å². The molecule has 10 heteroatoms. The summed E-state index contributed by atoms with van der Waals surface area (Å²) >= 11 is 0. The number of nitrogens with two attached hydrogens (primary N) is 1. The van der Waals surface area contributed by atoms with Gasteiger partial charge in [0, 0.05) is 36.8 Å². The van der Waals surface area contributed by atoms with Crippen molar-refractivity contribution in [3.63, 3.8) is 0 Å². The van der Waals surface area contributed by atoms with Crippen molar-refractivity contribution in [2.45, 2.75) is 89.8 Å². The standard InChI is InChI=1S/C32H44F2N4O4/c1-4-11-38(12-5-2)30(41)24-14-21(3)13-23(18-24)29(40)37-27(17-22-15-25(33)19-26(34)16-22)28(39)20-36-32(31(35)42)9-7-6-8-10-32/h13-16,18-19,27-28,36,39H,4-12,17,20H2,1-3H3,(H2,35,42)(H,37,40)/t27-,28+/m0/s1. The van der Waals surface area contributed by atoms with Gasteiger partial charge in [0.05, 0.1) is 17.7 Å². The molecule has 3 amide bonds. The van der Waals surface area contributed by atoms with Crippen molar-refractivity contribution >= 4 is 17.7 Å². The van der Waals surface area contributed by atoms with E-state index in [1.165, 1.54) is 6.07 Å². The van der Waals surface area contributed by atoms with Gasteiger partial charge in [0.1, 0.15) is 11.6 Å². The third kappa shape index (κ3) is 8.82. The van der Waals surface area contributed by atoms with Gasteiger partial charge in [-0.1, -0.05) is 33.1 Å². The van der Waals surface area contributed by atoms with Gasteiger partial charge < -0.3 is 26.4 Å². The summed E-state index contributed by atoms with van der Waals surface area (Å²) in [6.07, 6.45) is 3.99. The molecule has 0 heterocycles. The molecule has 8 nitrogen and oxygen atoms in total. The Balaban J connectivity index is 1.86. The number of primary amides is 1. The number of β-amino-alcohol motifs (C(OH)–C–C–N with tert-alkyl or cyclic N) is 1. The van der Waals surface area contributed by atoms with E-state index in [4.69, 9.17) is 5.73 Å². The Kier molecular flexibility index (Phi) is 12.0. The quantitative estimate of drug-likeness (QED) is 0.266. The van der Waals surface area contributed by atoms with Crippen molar-refractivity contribution in [1.29, 1.82) is 0 Å². The number of halogens is 2. The van der Waals surface area contributed by atoms with E-state index in [2.05, 4.69) is 10.6 Å².